The van der Waals surface area contributed by atoms with Crippen LogP contribution in [0.1, 0.15) is 181 Å². The van der Waals surface area contributed by atoms with Crippen LogP contribution in [0, 0.1) is 0 Å². The maximum absolute atomic E-state index is 12.7. The predicted molar refractivity (Wildman–Crippen MR) is 228 cm³/mol. The van der Waals surface area contributed by atoms with E-state index in [-0.39, 0.29) is 37.5 Å². The van der Waals surface area contributed by atoms with Gasteiger partial charge in [-0.15, -0.1) is 0 Å². The number of esters is 3. The normalized spacial score (nSPS) is 12.9. The van der Waals surface area contributed by atoms with Crippen LogP contribution in [-0.2, 0) is 28.6 Å². The number of carbonyl (C=O) groups is 3. The summed E-state index contributed by atoms with van der Waals surface area (Å²) >= 11 is 0. The Bertz CT molecular complexity index is 1090. The van der Waals surface area contributed by atoms with E-state index in [2.05, 4.69) is 99.8 Å². The lowest BCUT2D eigenvalue weighted by molar-refractivity contribution is -0.167. The summed E-state index contributed by atoms with van der Waals surface area (Å²) in [5, 5.41) is 0. The van der Waals surface area contributed by atoms with Crippen molar-refractivity contribution in [2.24, 2.45) is 0 Å². The second-order valence-electron chi connectivity index (χ2n) is 13.9. The molecule has 6 heteroatoms. The third-order valence-corrected chi connectivity index (χ3v) is 8.68. The summed E-state index contributed by atoms with van der Waals surface area (Å²) in [4.78, 5) is 37.6. The summed E-state index contributed by atoms with van der Waals surface area (Å²) in [6.07, 6.45) is 52.8. The summed E-state index contributed by atoms with van der Waals surface area (Å²) < 4.78 is 16.6. The molecule has 0 aliphatic carbocycles. The van der Waals surface area contributed by atoms with Crippen LogP contribution >= 0.6 is 0 Å². The molecule has 0 saturated carbocycles. The average molecular weight is 751 g/mol. The number of unbranched alkanes of at least 4 members (excludes halogenated alkanes) is 14. The third kappa shape index (κ3) is 39.8. The maximum Gasteiger partial charge on any atom is 0.306 e. The highest BCUT2D eigenvalue weighted by atomic mass is 16.6. The highest BCUT2D eigenvalue weighted by molar-refractivity contribution is 5.71. The van der Waals surface area contributed by atoms with Crippen molar-refractivity contribution >= 4 is 17.9 Å². The van der Waals surface area contributed by atoms with Crippen molar-refractivity contribution in [3.8, 4) is 0 Å². The van der Waals surface area contributed by atoms with E-state index in [0.29, 0.717) is 19.3 Å². The van der Waals surface area contributed by atoms with Gasteiger partial charge in [0, 0.05) is 19.3 Å². The molecule has 0 radical (unpaired) electrons. The maximum atomic E-state index is 12.7. The van der Waals surface area contributed by atoms with E-state index in [1.807, 2.05) is 6.08 Å². The minimum atomic E-state index is -0.805. The molecule has 0 aromatic rings. The lowest BCUT2D eigenvalue weighted by Gasteiger charge is -2.18. The van der Waals surface area contributed by atoms with E-state index in [1.54, 1.807) is 0 Å². The average Bonchev–Trinajstić information content (AvgIpc) is 3.17. The first-order valence-electron chi connectivity index (χ1n) is 21.6. The monoisotopic (exact) mass is 751 g/mol. The molecule has 0 bridgehead atoms. The molecule has 1 unspecified atom stereocenters. The fourth-order valence-electron chi connectivity index (χ4n) is 5.43. The van der Waals surface area contributed by atoms with Crippen LogP contribution in [0.2, 0.25) is 0 Å². The van der Waals surface area contributed by atoms with E-state index in [1.165, 1.54) is 25.7 Å². The molecule has 0 heterocycles. The predicted octanol–water partition coefficient (Wildman–Crippen LogP) is 13.7. The van der Waals surface area contributed by atoms with Gasteiger partial charge in [0.25, 0.3) is 0 Å². The molecule has 0 aliphatic rings. The SMILES string of the molecule is CC\C=C/C=C\C=C/CCCCCCCC(=O)OCC(COC(=O)CCCCCCC/C=C\CCCC)OC(=O)CCCC/C=C\C/C=C\C/C=C\CC. The molecular weight excluding hydrogens is 673 g/mol. The Morgan fingerprint density at radius 3 is 1.39 bits per heavy atom. The molecule has 0 fully saturated rings. The number of hydrogen-bond acceptors (Lipinski definition) is 6. The van der Waals surface area contributed by atoms with Gasteiger partial charge in [-0.1, -0.05) is 157 Å². The van der Waals surface area contributed by atoms with E-state index in [9.17, 15) is 14.4 Å². The molecule has 0 aromatic carbocycles. The summed E-state index contributed by atoms with van der Waals surface area (Å²) in [5.74, 6) is -0.986. The van der Waals surface area contributed by atoms with E-state index < -0.39 is 6.10 Å². The number of rotatable bonds is 37. The molecule has 6 nitrogen and oxygen atoms in total. The summed E-state index contributed by atoms with van der Waals surface area (Å²) in [6.45, 7) is 6.25. The fourth-order valence-corrected chi connectivity index (χ4v) is 5.43. The molecule has 1 atom stereocenters. The Hall–Kier alpha value is -3.41. The quantitative estimate of drug-likeness (QED) is 0.0207. The van der Waals surface area contributed by atoms with Gasteiger partial charge in [0.2, 0.25) is 0 Å². The summed E-state index contributed by atoms with van der Waals surface area (Å²) in [7, 11) is 0. The summed E-state index contributed by atoms with van der Waals surface area (Å²) in [5.41, 5.74) is 0. The minimum absolute atomic E-state index is 0.105. The zero-order valence-electron chi connectivity index (χ0n) is 34.7. The first-order valence-corrected chi connectivity index (χ1v) is 21.6. The first-order chi connectivity index (χ1) is 26.5. The van der Waals surface area contributed by atoms with Crippen LogP contribution < -0.4 is 0 Å². The molecule has 0 aliphatic heterocycles. The largest absolute Gasteiger partial charge is 0.462 e. The van der Waals surface area contributed by atoms with Gasteiger partial charge < -0.3 is 14.2 Å². The second-order valence-corrected chi connectivity index (χ2v) is 13.9. The molecule has 54 heavy (non-hydrogen) atoms. The smallest absolute Gasteiger partial charge is 0.306 e. The van der Waals surface area contributed by atoms with Crippen molar-refractivity contribution in [1.29, 1.82) is 0 Å². The van der Waals surface area contributed by atoms with Crippen molar-refractivity contribution < 1.29 is 28.6 Å². The van der Waals surface area contributed by atoms with Gasteiger partial charge in [0.1, 0.15) is 13.2 Å². The Morgan fingerprint density at radius 2 is 0.815 bits per heavy atom. The molecule has 0 spiro atoms. The molecule has 0 saturated heterocycles. The third-order valence-electron chi connectivity index (χ3n) is 8.68. The highest BCUT2D eigenvalue weighted by Gasteiger charge is 2.19. The van der Waals surface area contributed by atoms with Crippen molar-refractivity contribution in [2.75, 3.05) is 13.2 Å². The molecule has 306 valence electrons. The van der Waals surface area contributed by atoms with E-state index in [4.69, 9.17) is 14.2 Å². The lowest BCUT2D eigenvalue weighted by atomic mass is 10.1. The topological polar surface area (TPSA) is 78.9 Å². The Morgan fingerprint density at radius 1 is 0.407 bits per heavy atom. The highest BCUT2D eigenvalue weighted by Crippen LogP contribution is 2.12. The molecule has 0 amide bonds. The fraction of sp³-hybridized carbons (Fsp3) is 0.646. The van der Waals surface area contributed by atoms with Crippen LogP contribution in [0.4, 0.5) is 0 Å². The number of ether oxygens (including phenoxy) is 3. The molecule has 0 N–H and O–H groups in total. The van der Waals surface area contributed by atoms with Crippen molar-refractivity contribution in [2.45, 2.75) is 187 Å². The Kier molecular flexibility index (Phi) is 39.7. The van der Waals surface area contributed by atoms with Crippen LogP contribution in [0.5, 0.6) is 0 Å². The van der Waals surface area contributed by atoms with Crippen molar-refractivity contribution in [3.63, 3.8) is 0 Å². The van der Waals surface area contributed by atoms with E-state index in [0.717, 1.165) is 109 Å². The van der Waals surface area contributed by atoms with Crippen molar-refractivity contribution in [1.82, 2.24) is 0 Å². The van der Waals surface area contributed by atoms with E-state index >= 15 is 0 Å². The van der Waals surface area contributed by atoms with Crippen LogP contribution in [-0.4, -0.2) is 37.2 Å². The Balaban J connectivity index is 4.50. The number of carbonyl (C=O) groups excluding carboxylic acids is 3. The zero-order valence-corrected chi connectivity index (χ0v) is 34.7. The van der Waals surface area contributed by atoms with Gasteiger partial charge in [-0.3, -0.25) is 14.4 Å². The molecule has 0 rings (SSSR count). The number of hydrogen-bond donors (Lipinski definition) is 0. The number of allylic oxidation sites excluding steroid dienone is 14. The zero-order chi connectivity index (χ0) is 39.4. The minimum Gasteiger partial charge on any atom is -0.462 e. The Labute approximate surface area is 331 Å². The van der Waals surface area contributed by atoms with Crippen LogP contribution in [0.25, 0.3) is 0 Å². The van der Waals surface area contributed by atoms with Gasteiger partial charge in [0.15, 0.2) is 6.10 Å². The van der Waals surface area contributed by atoms with Crippen LogP contribution in [0.15, 0.2) is 85.1 Å². The first kappa shape index (κ1) is 50.6. The molecular formula is C48H78O6. The van der Waals surface area contributed by atoms with Gasteiger partial charge in [-0.05, 0) is 89.9 Å². The summed E-state index contributed by atoms with van der Waals surface area (Å²) in [6, 6.07) is 0. The van der Waals surface area contributed by atoms with Gasteiger partial charge in [-0.25, -0.2) is 0 Å². The van der Waals surface area contributed by atoms with Gasteiger partial charge in [0.05, 0.1) is 0 Å². The second kappa shape index (κ2) is 42.3. The van der Waals surface area contributed by atoms with Gasteiger partial charge >= 0.3 is 17.9 Å². The van der Waals surface area contributed by atoms with Gasteiger partial charge in [-0.2, -0.15) is 0 Å². The standard InChI is InChI=1S/C48H78O6/c1-4-7-10-13-16-19-22-24-27-29-32-35-38-41-47(50)53-44-45(43-52-46(49)40-37-34-31-28-25-21-18-15-12-9-6-3)54-48(51)42-39-36-33-30-26-23-20-17-14-11-8-5-2/h7-8,10-11,13,15-20,22,26,30,45H,4-6,9,12,14,21,23-25,27-29,31-44H2,1-3H3/b10-7-,11-8-,16-13-,18-15-,20-17-,22-19-,30-26-. The lowest BCUT2D eigenvalue weighted by Crippen LogP contribution is -2.30. The van der Waals surface area contributed by atoms with Crippen LogP contribution in [0.3, 0.4) is 0 Å². The molecule has 0 aromatic heterocycles. The van der Waals surface area contributed by atoms with Crippen molar-refractivity contribution in [3.05, 3.63) is 85.1 Å².